The third kappa shape index (κ3) is 7.32. The van der Waals surface area contributed by atoms with Crippen LogP contribution in [0.1, 0.15) is 19.4 Å². The normalized spacial score (nSPS) is 12.1. The number of hydrogen-bond donors (Lipinski definition) is 2. The first-order valence-corrected chi connectivity index (χ1v) is 14.4. The van der Waals surface area contributed by atoms with Crippen molar-refractivity contribution in [3.8, 4) is 28.5 Å². The van der Waals surface area contributed by atoms with Crippen LogP contribution in [0.15, 0.2) is 59.6 Å². The van der Waals surface area contributed by atoms with E-state index in [-0.39, 0.29) is 19.7 Å². The summed E-state index contributed by atoms with van der Waals surface area (Å²) in [5.74, 6) is 0.155. The Morgan fingerprint density at radius 3 is 2.26 bits per heavy atom. The zero-order chi connectivity index (χ0) is 31.0. The molecular formula is C28H34N4O9S. The van der Waals surface area contributed by atoms with Crippen molar-refractivity contribution in [1.82, 2.24) is 14.6 Å². The van der Waals surface area contributed by atoms with Gasteiger partial charge in [-0.25, -0.2) is 8.42 Å². The number of carbonyl (C=O) groups excluding carboxylic acids is 1. The molecule has 3 rings (SSSR count). The number of nitro benzene ring substituents is 1. The Hall–Kier alpha value is -4.27. The van der Waals surface area contributed by atoms with Crippen molar-refractivity contribution >= 4 is 21.6 Å². The monoisotopic (exact) mass is 602 g/mol. The molecule has 13 nitrogen and oxygen atoms in total. The zero-order valence-electron chi connectivity index (χ0n) is 23.9. The van der Waals surface area contributed by atoms with Crippen LogP contribution in [-0.2, 0) is 21.4 Å². The molecule has 226 valence electrons. The number of methoxy groups -OCH3 is 3. The molecule has 1 atom stereocenters. The molecule has 0 radical (unpaired) electrons. The Bertz CT molecular complexity index is 1500. The average Bonchev–Trinajstić information content (AvgIpc) is 2.98. The van der Waals surface area contributed by atoms with Crippen molar-refractivity contribution < 1.29 is 37.5 Å². The largest absolute Gasteiger partial charge is 0.493 e. The zero-order valence-corrected chi connectivity index (χ0v) is 24.8. The second-order valence-electron chi connectivity index (χ2n) is 9.51. The van der Waals surface area contributed by atoms with Crippen LogP contribution >= 0.6 is 0 Å². The minimum Gasteiger partial charge on any atom is -0.493 e. The van der Waals surface area contributed by atoms with Gasteiger partial charge in [0.25, 0.3) is 5.69 Å². The lowest BCUT2D eigenvalue weighted by molar-refractivity contribution is -0.387. The summed E-state index contributed by atoms with van der Waals surface area (Å²) in [6.07, 6.45) is 1.56. The van der Waals surface area contributed by atoms with Gasteiger partial charge >= 0.3 is 0 Å². The van der Waals surface area contributed by atoms with E-state index < -0.39 is 43.4 Å². The van der Waals surface area contributed by atoms with E-state index >= 15 is 0 Å². The fraction of sp³-hybridized carbons (Fsp3) is 0.357. The van der Waals surface area contributed by atoms with Crippen LogP contribution in [0, 0.1) is 16.0 Å². The molecule has 0 spiro atoms. The number of aromatic nitrogens is 1. The van der Waals surface area contributed by atoms with Crippen molar-refractivity contribution in [3.63, 3.8) is 0 Å². The summed E-state index contributed by atoms with van der Waals surface area (Å²) in [6.45, 7) is 2.86. The third-order valence-corrected chi connectivity index (χ3v) is 7.89. The summed E-state index contributed by atoms with van der Waals surface area (Å²) in [4.78, 5) is 29.5. The molecule has 0 saturated heterocycles. The first-order chi connectivity index (χ1) is 20.0. The molecule has 0 aliphatic rings. The highest BCUT2D eigenvalue weighted by Crippen LogP contribution is 2.41. The molecule has 2 aromatic carbocycles. The molecule has 1 amide bonds. The van der Waals surface area contributed by atoms with Gasteiger partial charge in [-0.15, -0.1) is 0 Å². The van der Waals surface area contributed by atoms with E-state index in [4.69, 9.17) is 14.2 Å². The fourth-order valence-electron chi connectivity index (χ4n) is 4.30. The van der Waals surface area contributed by atoms with Gasteiger partial charge in [0, 0.05) is 30.9 Å². The second kappa shape index (κ2) is 14.1. The molecule has 2 N–H and O–H groups in total. The van der Waals surface area contributed by atoms with Crippen molar-refractivity contribution in [2.45, 2.75) is 31.3 Å². The summed E-state index contributed by atoms with van der Waals surface area (Å²) >= 11 is 0. The quantitative estimate of drug-likeness (QED) is 0.206. The van der Waals surface area contributed by atoms with Crippen molar-refractivity contribution in [2.75, 3.05) is 34.5 Å². The molecular weight excluding hydrogens is 568 g/mol. The number of aliphatic hydroxyl groups excluding tert-OH is 1. The maximum atomic E-state index is 13.7. The minimum absolute atomic E-state index is 0.0236. The first kappa shape index (κ1) is 32.2. The van der Waals surface area contributed by atoms with Crippen molar-refractivity contribution in [1.29, 1.82) is 0 Å². The maximum absolute atomic E-state index is 13.7. The van der Waals surface area contributed by atoms with Gasteiger partial charge in [0.05, 0.1) is 38.6 Å². The molecule has 0 bridgehead atoms. The summed E-state index contributed by atoms with van der Waals surface area (Å²) in [5, 5.41) is 21.2. The lowest BCUT2D eigenvalue weighted by Gasteiger charge is -2.29. The highest BCUT2D eigenvalue weighted by atomic mass is 32.2. The number of pyridine rings is 1. The summed E-state index contributed by atoms with van der Waals surface area (Å²) < 4.78 is 45.0. The summed E-state index contributed by atoms with van der Waals surface area (Å²) in [7, 11) is 0.0407. The van der Waals surface area contributed by atoms with Crippen molar-refractivity contribution in [2.24, 2.45) is 5.92 Å². The molecule has 0 aliphatic carbocycles. The highest BCUT2D eigenvalue weighted by molar-refractivity contribution is 7.89. The molecule has 3 aromatic rings. The number of nitrogens with zero attached hydrogens (tertiary/aromatic N) is 3. The maximum Gasteiger partial charge on any atom is 0.289 e. The van der Waals surface area contributed by atoms with Gasteiger partial charge in [-0.3, -0.25) is 19.9 Å². The van der Waals surface area contributed by atoms with Gasteiger partial charge in [-0.2, -0.15) is 4.72 Å². The number of benzene rings is 2. The van der Waals surface area contributed by atoms with E-state index in [0.717, 1.165) is 12.1 Å². The average molecular weight is 603 g/mol. The van der Waals surface area contributed by atoms with E-state index in [1.807, 2.05) is 0 Å². The van der Waals surface area contributed by atoms with E-state index in [1.165, 1.54) is 38.4 Å². The number of nitrogens with one attached hydrogen (secondary N) is 1. The number of para-hydroxylation sites is 1. The van der Waals surface area contributed by atoms with Gasteiger partial charge in [0.15, 0.2) is 16.4 Å². The first-order valence-electron chi connectivity index (χ1n) is 12.9. The van der Waals surface area contributed by atoms with E-state index in [1.54, 1.807) is 44.3 Å². The number of carbonyl (C=O) groups is 1. The lowest BCUT2D eigenvalue weighted by atomic mass is 10.0. The van der Waals surface area contributed by atoms with Gasteiger partial charge in [-0.05, 0) is 41.8 Å². The smallest absolute Gasteiger partial charge is 0.289 e. The minimum atomic E-state index is -4.45. The number of rotatable bonds is 14. The Morgan fingerprint density at radius 1 is 1.07 bits per heavy atom. The fourth-order valence-corrected chi connectivity index (χ4v) is 5.81. The lowest BCUT2D eigenvalue weighted by Crippen LogP contribution is -2.51. The summed E-state index contributed by atoms with van der Waals surface area (Å²) in [6, 6.07) is 10.5. The molecule has 1 aromatic heterocycles. The molecule has 14 heteroatoms. The number of aliphatic hydroxyl groups is 1. The van der Waals surface area contributed by atoms with Gasteiger partial charge < -0.3 is 24.2 Å². The van der Waals surface area contributed by atoms with Crippen LogP contribution in [0.3, 0.4) is 0 Å². The van der Waals surface area contributed by atoms with Gasteiger partial charge in [0.2, 0.25) is 21.7 Å². The molecule has 0 fully saturated rings. The Balaban J connectivity index is 1.93. The van der Waals surface area contributed by atoms with Crippen LogP contribution < -0.4 is 18.9 Å². The Kier molecular flexibility index (Phi) is 10.8. The third-order valence-electron chi connectivity index (χ3n) is 6.41. The highest BCUT2D eigenvalue weighted by Gasteiger charge is 2.34. The number of nitro groups is 1. The van der Waals surface area contributed by atoms with Gasteiger partial charge in [-0.1, -0.05) is 26.0 Å². The number of amides is 1. The Morgan fingerprint density at radius 2 is 1.71 bits per heavy atom. The molecule has 1 heterocycles. The van der Waals surface area contributed by atoms with Crippen LogP contribution in [0.4, 0.5) is 5.69 Å². The topological polar surface area (TPSA) is 170 Å². The molecule has 42 heavy (non-hydrogen) atoms. The predicted octanol–water partition coefficient (Wildman–Crippen LogP) is 3.01. The molecule has 0 unspecified atom stereocenters. The Labute approximate surface area is 244 Å². The SMILES string of the molecule is COc1cc(-c2cc(CN(CCO)C(=O)[C@@H](NS(=O)(=O)c3ccccc3[N+](=O)[O-])C(C)C)ccn2)cc(OC)c1OC. The van der Waals surface area contributed by atoms with Gasteiger partial charge in [0.1, 0.15) is 6.04 Å². The van der Waals surface area contributed by atoms with Crippen molar-refractivity contribution in [3.05, 3.63) is 70.4 Å². The van der Waals surface area contributed by atoms with Crippen LogP contribution in [0.5, 0.6) is 17.2 Å². The second-order valence-corrected chi connectivity index (χ2v) is 11.2. The van der Waals surface area contributed by atoms with Crippen LogP contribution in [-0.4, -0.2) is 74.8 Å². The van der Waals surface area contributed by atoms with E-state index in [2.05, 4.69) is 9.71 Å². The van der Waals surface area contributed by atoms with E-state index in [9.17, 15) is 28.4 Å². The van der Waals surface area contributed by atoms with Crippen LogP contribution in [0.2, 0.25) is 0 Å². The van der Waals surface area contributed by atoms with E-state index in [0.29, 0.717) is 34.1 Å². The summed E-state index contributed by atoms with van der Waals surface area (Å²) in [5.41, 5.74) is 1.24. The number of sulfonamides is 1. The standard InChI is InChI=1S/C28H34N4O9S/c1-18(2)26(30-42(37,38)25-9-7-6-8-22(25)32(35)36)28(34)31(12-13-33)17-19-10-11-29-21(14-19)20-15-23(39-3)27(41-5)24(16-20)40-4/h6-11,14-16,18,26,30,33H,12-13,17H2,1-5H3/t26-/m0/s1. The van der Waals surface area contributed by atoms with Crippen LogP contribution in [0.25, 0.3) is 11.3 Å². The molecule has 0 saturated carbocycles. The predicted molar refractivity (Wildman–Crippen MR) is 154 cm³/mol. The molecule has 0 aliphatic heterocycles. The number of ether oxygens (including phenoxy) is 3. The number of hydrogen-bond acceptors (Lipinski definition) is 10.